The molecule has 2 N–H and O–H groups in total. The van der Waals surface area contributed by atoms with E-state index in [1.54, 1.807) is 13.3 Å². The number of nitrogens with two attached hydrogens (primary N) is 1. The van der Waals surface area contributed by atoms with Crippen molar-refractivity contribution in [2.24, 2.45) is 5.73 Å². The number of aromatic nitrogens is 2. The Kier molecular flexibility index (Phi) is 4.10. The van der Waals surface area contributed by atoms with E-state index in [-0.39, 0.29) is 6.04 Å². The van der Waals surface area contributed by atoms with Crippen LogP contribution in [0.4, 0.5) is 0 Å². The summed E-state index contributed by atoms with van der Waals surface area (Å²) < 4.78 is 7.88. The van der Waals surface area contributed by atoms with Crippen LogP contribution in [0.1, 0.15) is 31.6 Å². The van der Waals surface area contributed by atoms with E-state index in [1.807, 2.05) is 4.68 Å². The SMILES string of the molecule is COCC(N)c1c(Br)cnn1C(C)C. The first-order chi connectivity index (χ1) is 6.57. The van der Waals surface area contributed by atoms with Gasteiger partial charge in [0, 0.05) is 13.2 Å². The van der Waals surface area contributed by atoms with Gasteiger partial charge in [0.25, 0.3) is 0 Å². The molecule has 0 saturated heterocycles. The highest BCUT2D eigenvalue weighted by molar-refractivity contribution is 9.10. The van der Waals surface area contributed by atoms with Gasteiger partial charge in [-0.25, -0.2) is 0 Å². The highest BCUT2D eigenvalue weighted by atomic mass is 79.9. The second-order valence-electron chi connectivity index (χ2n) is 3.48. The molecule has 0 fully saturated rings. The number of ether oxygens (including phenoxy) is 1. The number of hydrogen-bond acceptors (Lipinski definition) is 3. The van der Waals surface area contributed by atoms with Crippen LogP contribution in [0.15, 0.2) is 10.7 Å². The molecule has 0 radical (unpaired) electrons. The van der Waals surface area contributed by atoms with Crippen molar-refractivity contribution in [1.82, 2.24) is 9.78 Å². The Labute approximate surface area is 92.5 Å². The molecule has 0 bridgehead atoms. The molecule has 1 rings (SSSR count). The lowest BCUT2D eigenvalue weighted by atomic mass is 10.2. The third kappa shape index (κ3) is 2.34. The molecule has 1 atom stereocenters. The average molecular weight is 262 g/mol. The Hall–Kier alpha value is -0.390. The van der Waals surface area contributed by atoms with Crippen LogP contribution in [0.25, 0.3) is 0 Å². The maximum Gasteiger partial charge on any atom is 0.0720 e. The van der Waals surface area contributed by atoms with Crippen molar-refractivity contribution >= 4 is 15.9 Å². The van der Waals surface area contributed by atoms with Crippen LogP contribution in [0, 0.1) is 0 Å². The van der Waals surface area contributed by atoms with Crippen LogP contribution in [-0.2, 0) is 4.74 Å². The van der Waals surface area contributed by atoms with Gasteiger partial charge in [0.1, 0.15) is 0 Å². The molecular weight excluding hydrogens is 246 g/mol. The maximum atomic E-state index is 5.97. The van der Waals surface area contributed by atoms with Gasteiger partial charge in [-0.2, -0.15) is 5.10 Å². The number of rotatable bonds is 4. The molecule has 0 amide bonds. The fourth-order valence-electron chi connectivity index (χ4n) is 1.37. The summed E-state index contributed by atoms with van der Waals surface area (Å²) in [6.07, 6.45) is 1.77. The van der Waals surface area contributed by atoms with E-state index in [1.165, 1.54) is 0 Å². The molecular formula is C9H16BrN3O. The summed E-state index contributed by atoms with van der Waals surface area (Å²) in [5.41, 5.74) is 6.96. The van der Waals surface area contributed by atoms with Crippen molar-refractivity contribution in [2.45, 2.75) is 25.9 Å². The molecule has 1 unspecified atom stereocenters. The molecule has 0 aliphatic carbocycles. The zero-order valence-electron chi connectivity index (χ0n) is 8.70. The van der Waals surface area contributed by atoms with Gasteiger partial charge >= 0.3 is 0 Å². The summed E-state index contributed by atoms with van der Waals surface area (Å²) in [4.78, 5) is 0. The predicted octanol–water partition coefficient (Wildman–Crippen LogP) is 1.87. The fraction of sp³-hybridized carbons (Fsp3) is 0.667. The van der Waals surface area contributed by atoms with Crippen LogP contribution in [0.3, 0.4) is 0 Å². The van der Waals surface area contributed by atoms with Crippen molar-refractivity contribution in [3.05, 3.63) is 16.4 Å². The zero-order valence-corrected chi connectivity index (χ0v) is 10.3. The molecule has 0 saturated carbocycles. The highest BCUT2D eigenvalue weighted by Crippen LogP contribution is 2.24. The summed E-state index contributed by atoms with van der Waals surface area (Å²) in [5, 5.41) is 4.25. The first-order valence-corrected chi connectivity index (χ1v) is 5.34. The van der Waals surface area contributed by atoms with E-state index >= 15 is 0 Å². The van der Waals surface area contributed by atoms with E-state index in [4.69, 9.17) is 10.5 Å². The summed E-state index contributed by atoms with van der Waals surface area (Å²) in [6.45, 7) is 4.64. The number of halogens is 1. The van der Waals surface area contributed by atoms with Crippen molar-refractivity contribution in [3.63, 3.8) is 0 Å². The maximum absolute atomic E-state index is 5.97. The quantitative estimate of drug-likeness (QED) is 0.901. The summed E-state index contributed by atoms with van der Waals surface area (Å²) in [7, 11) is 1.64. The standard InChI is InChI=1S/C9H16BrN3O/c1-6(2)13-9(7(10)4-12-13)8(11)5-14-3/h4,6,8H,5,11H2,1-3H3. The topological polar surface area (TPSA) is 53.1 Å². The normalized spacial score (nSPS) is 13.6. The molecule has 0 aromatic carbocycles. The number of hydrogen-bond donors (Lipinski definition) is 1. The van der Waals surface area contributed by atoms with E-state index in [0.717, 1.165) is 10.2 Å². The van der Waals surface area contributed by atoms with E-state index in [2.05, 4.69) is 34.9 Å². The third-order valence-corrected chi connectivity index (χ3v) is 2.58. The molecule has 0 aliphatic rings. The van der Waals surface area contributed by atoms with Crippen molar-refractivity contribution in [1.29, 1.82) is 0 Å². The largest absolute Gasteiger partial charge is 0.383 e. The Morgan fingerprint density at radius 3 is 2.79 bits per heavy atom. The number of methoxy groups -OCH3 is 1. The van der Waals surface area contributed by atoms with E-state index < -0.39 is 0 Å². The molecule has 1 aromatic rings. The van der Waals surface area contributed by atoms with Gasteiger partial charge in [-0.05, 0) is 29.8 Å². The van der Waals surface area contributed by atoms with Gasteiger partial charge < -0.3 is 10.5 Å². The second-order valence-corrected chi connectivity index (χ2v) is 4.33. The minimum atomic E-state index is -0.140. The minimum absolute atomic E-state index is 0.140. The smallest absolute Gasteiger partial charge is 0.0720 e. The van der Waals surface area contributed by atoms with Gasteiger partial charge in [-0.15, -0.1) is 0 Å². The van der Waals surface area contributed by atoms with Gasteiger partial charge in [-0.1, -0.05) is 0 Å². The Morgan fingerprint density at radius 1 is 1.64 bits per heavy atom. The summed E-state index contributed by atoms with van der Waals surface area (Å²) in [6, 6.07) is 0.165. The first kappa shape index (κ1) is 11.7. The van der Waals surface area contributed by atoms with Gasteiger partial charge in [0.15, 0.2) is 0 Å². The molecule has 14 heavy (non-hydrogen) atoms. The molecule has 1 heterocycles. The monoisotopic (exact) mass is 261 g/mol. The number of nitrogens with zero attached hydrogens (tertiary/aromatic N) is 2. The lowest BCUT2D eigenvalue weighted by molar-refractivity contribution is 0.177. The fourth-order valence-corrected chi connectivity index (χ4v) is 1.93. The van der Waals surface area contributed by atoms with Gasteiger partial charge in [0.2, 0.25) is 0 Å². The van der Waals surface area contributed by atoms with Crippen LogP contribution in [0.2, 0.25) is 0 Å². The summed E-state index contributed by atoms with van der Waals surface area (Å²) >= 11 is 3.44. The van der Waals surface area contributed by atoms with Crippen LogP contribution >= 0.6 is 15.9 Å². The Morgan fingerprint density at radius 2 is 2.29 bits per heavy atom. The lowest BCUT2D eigenvalue weighted by Gasteiger charge is -2.16. The van der Waals surface area contributed by atoms with Gasteiger partial charge in [0.05, 0.1) is 29.0 Å². The lowest BCUT2D eigenvalue weighted by Crippen LogP contribution is -2.22. The van der Waals surface area contributed by atoms with Crippen LogP contribution < -0.4 is 5.73 Å². The minimum Gasteiger partial charge on any atom is -0.383 e. The molecule has 5 heteroatoms. The molecule has 1 aromatic heterocycles. The van der Waals surface area contributed by atoms with Crippen molar-refractivity contribution in [3.8, 4) is 0 Å². The first-order valence-electron chi connectivity index (χ1n) is 4.55. The second kappa shape index (κ2) is 4.91. The van der Waals surface area contributed by atoms with Crippen molar-refractivity contribution < 1.29 is 4.74 Å². The summed E-state index contributed by atoms with van der Waals surface area (Å²) in [5.74, 6) is 0. The van der Waals surface area contributed by atoms with Crippen LogP contribution in [0.5, 0.6) is 0 Å². The molecule has 0 spiro atoms. The Balaban J connectivity index is 2.98. The Bertz CT molecular complexity index is 298. The highest BCUT2D eigenvalue weighted by Gasteiger charge is 2.17. The average Bonchev–Trinajstić information content (AvgIpc) is 2.47. The van der Waals surface area contributed by atoms with E-state index in [0.29, 0.717) is 12.6 Å². The third-order valence-electron chi connectivity index (χ3n) is 1.97. The van der Waals surface area contributed by atoms with E-state index in [9.17, 15) is 0 Å². The van der Waals surface area contributed by atoms with Crippen LogP contribution in [-0.4, -0.2) is 23.5 Å². The molecule has 80 valence electrons. The van der Waals surface area contributed by atoms with Gasteiger partial charge in [-0.3, -0.25) is 4.68 Å². The molecule has 0 aliphatic heterocycles. The van der Waals surface area contributed by atoms with Crippen molar-refractivity contribution in [2.75, 3.05) is 13.7 Å². The predicted molar refractivity (Wildman–Crippen MR) is 59.1 cm³/mol. The molecule has 4 nitrogen and oxygen atoms in total. The zero-order chi connectivity index (χ0) is 10.7.